The van der Waals surface area contributed by atoms with E-state index in [1.807, 2.05) is 37.3 Å². The molecule has 35 heavy (non-hydrogen) atoms. The minimum Gasteiger partial charge on any atom is -0.483 e. The molecule has 1 saturated heterocycles. The monoisotopic (exact) mass is 475 g/mol. The standard InChI is InChI=1S/C29H34FN3O2/c1-21(24-7-5-23(19-31)6-8-24)17-25(18-28(32)34-4)22(2)35-20-29(13-15-33(3)16-14-29)26-9-11-27(30)12-10-26/h5-12,17-18,22H,1,13-16,20,32H2,2-4H3/b25-17+,28-18+. The number of nitrogens with zero attached hydrogens (tertiary/aromatic N) is 2. The summed E-state index contributed by atoms with van der Waals surface area (Å²) in [7, 11) is 3.64. The summed E-state index contributed by atoms with van der Waals surface area (Å²) < 4.78 is 25.3. The number of halogens is 1. The zero-order chi connectivity index (χ0) is 25.4. The lowest BCUT2D eigenvalue weighted by Crippen LogP contribution is -2.44. The van der Waals surface area contributed by atoms with Crippen LogP contribution in [0.15, 0.2) is 78.7 Å². The Balaban J connectivity index is 1.84. The summed E-state index contributed by atoms with van der Waals surface area (Å²) in [6, 6.07) is 16.2. The van der Waals surface area contributed by atoms with Crippen molar-refractivity contribution in [3.05, 3.63) is 101 Å². The van der Waals surface area contributed by atoms with Gasteiger partial charge in [0, 0.05) is 11.5 Å². The summed E-state index contributed by atoms with van der Waals surface area (Å²) in [5, 5.41) is 9.05. The molecule has 2 N–H and O–H groups in total. The van der Waals surface area contributed by atoms with Gasteiger partial charge in [0.05, 0.1) is 31.5 Å². The number of allylic oxidation sites excluding steroid dienone is 2. The van der Waals surface area contributed by atoms with Crippen LogP contribution in [0.3, 0.4) is 0 Å². The van der Waals surface area contributed by atoms with Crippen LogP contribution in [0.4, 0.5) is 4.39 Å². The molecule has 0 radical (unpaired) electrons. The molecular formula is C29H34FN3O2. The van der Waals surface area contributed by atoms with Gasteiger partial charge in [-0.05, 0) is 92.5 Å². The number of methoxy groups -OCH3 is 1. The van der Waals surface area contributed by atoms with Crippen LogP contribution >= 0.6 is 0 Å². The van der Waals surface area contributed by atoms with E-state index in [2.05, 4.69) is 24.6 Å². The van der Waals surface area contributed by atoms with Crippen molar-refractivity contribution in [3.63, 3.8) is 0 Å². The number of hydrogen-bond acceptors (Lipinski definition) is 5. The average molecular weight is 476 g/mol. The molecular weight excluding hydrogens is 441 g/mol. The van der Waals surface area contributed by atoms with Crippen LogP contribution in [-0.2, 0) is 14.9 Å². The Morgan fingerprint density at radius 3 is 2.37 bits per heavy atom. The van der Waals surface area contributed by atoms with Gasteiger partial charge in [0.15, 0.2) is 5.88 Å². The van der Waals surface area contributed by atoms with Gasteiger partial charge in [-0.2, -0.15) is 5.26 Å². The third-order valence-corrected chi connectivity index (χ3v) is 6.75. The molecule has 6 heteroatoms. The number of rotatable bonds is 9. The Morgan fingerprint density at radius 1 is 1.17 bits per heavy atom. The molecule has 184 valence electrons. The highest BCUT2D eigenvalue weighted by molar-refractivity contribution is 5.73. The van der Waals surface area contributed by atoms with E-state index < -0.39 is 0 Å². The Morgan fingerprint density at radius 2 is 1.80 bits per heavy atom. The van der Waals surface area contributed by atoms with E-state index in [4.69, 9.17) is 20.5 Å². The van der Waals surface area contributed by atoms with Gasteiger partial charge in [-0.25, -0.2) is 4.39 Å². The topological polar surface area (TPSA) is 71.5 Å². The van der Waals surface area contributed by atoms with Gasteiger partial charge in [0.25, 0.3) is 0 Å². The predicted octanol–water partition coefficient (Wildman–Crippen LogP) is 5.15. The van der Waals surface area contributed by atoms with E-state index in [0.29, 0.717) is 12.2 Å². The van der Waals surface area contributed by atoms with Crippen LogP contribution in [0.2, 0.25) is 0 Å². The van der Waals surface area contributed by atoms with Gasteiger partial charge in [0.2, 0.25) is 0 Å². The Bertz CT molecular complexity index is 1110. The molecule has 1 heterocycles. The third kappa shape index (κ3) is 6.82. The summed E-state index contributed by atoms with van der Waals surface area (Å²) in [6.45, 7) is 8.57. The Kier molecular flexibility index (Phi) is 8.86. The normalized spacial score (nSPS) is 17.5. The second kappa shape index (κ2) is 11.8. The SMILES string of the molecule is C=C(/C=C(\C=C(/N)OC)C(C)OCC1(c2ccc(F)cc2)CCN(C)CC1)c1ccc(C#N)cc1. The fraction of sp³-hybridized carbons (Fsp3) is 0.345. The summed E-state index contributed by atoms with van der Waals surface area (Å²) in [5.41, 5.74) is 9.97. The van der Waals surface area contributed by atoms with Crippen molar-refractivity contribution in [2.75, 3.05) is 33.9 Å². The Labute approximate surface area is 208 Å². The highest BCUT2D eigenvalue weighted by atomic mass is 19.1. The van der Waals surface area contributed by atoms with Crippen LogP contribution in [0.25, 0.3) is 5.57 Å². The highest BCUT2D eigenvalue weighted by Crippen LogP contribution is 2.36. The van der Waals surface area contributed by atoms with E-state index in [1.165, 1.54) is 19.2 Å². The predicted molar refractivity (Wildman–Crippen MR) is 138 cm³/mol. The van der Waals surface area contributed by atoms with Crippen molar-refractivity contribution in [3.8, 4) is 6.07 Å². The molecule has 1 aliphatic rings. The maximum Gasteiger partial charge on any atom is 0.184 e. The highest BCUT2D eigenvalue weighted by Gasteiger charge is 2.36. The van der Waals surface area contributed by atoms with Crippen LogP contribution < -0.4 is 5.73 Å². The van der Waals surface area contributed by atoms with Crippen LogP contribution in [0.1, 0.15) is 36.5 Å². The maximum atomic E-state index is 13.6. The summed E-state index contributed by atoms with van der Waals surface area (Å²) in [4.78, 5) is 2.31. The Hall–Kier alpha value is -3.40. The van der Waals surface area contributed by atoms with E-state index in [9.17, 15) is 4.39 Å². The van der Waals surface area contributed by atoms with Gasteiger partial charge >= 0.3 is 0 Å². The maximum absolute atomic E-state index is 13.6. The molecule has 2 aromatic carbocycles. The number of hydrogen-bond donors (Lipinski definition) is 1. The van der Waals surface area contributed by atoms with Crippen molar-refractivity contribution in [1.29, 1.82) is 5.26 Å². The fourth-order valence-electron chi connectivity index (χ4n) is 4.29. The quantitative estimate of drug-likeness (QED) is 0.401. The van der Waals surface area contributed by atoms with Gasteiger partial charge in [-0.3, -0.25) is 0 Å². The summed E-state index contributed by atoms with van der Waals surface area (Å²) >= 11 is 0. The lowest BCUT2D eigenvalue weighted by molar-refractivity contribution is 0.0239. The van der Waals surface area contributed by atoms with E-state index in [-0.39, 0.29) is 23.2 Å². The molecule has 0 saturated carbocycles. The van der Waals surface area contributed by atoms with Gasteiger partial charge in [-0.15, -0.1) is 0 Å². The van der Waals surface area contributed by atoms with E-state index >= 15 is 0 Å². The van der Waals surface area contributed by atoms with Crippen molar-refractivity contribution in [2.45, 2.75) is 31.3 Å². The minimum atomic E-state index is -0.296. The van der Waals surface area contributed by atoms with Gasteiger partial charge in [-0.1, -0.05) is 30.8 Å². The molecule has 3 rings (SSSR count). The molecule has 0 amide bonds. The molecule has 0 bridgehead atoms. The van der Waals surface area contributed by atoms with Crippen LogP contribution in [-0.4, -0.2) is 44.9 Å². The first kappa shape index (κ1) is 26.2. The first-order chi connectivity index (χ1) is 16.8. The van der Waals surface area contributed by atoms with E-state index in [1.54, 1.807) is 18.2 Å². The number of piperidine rings is 1. The third-order valence-electron chi connectivity index (χ3n) is 6.75. The van der Waals surface area contributed by atoms with Crippen molar-refractivity contribution < 1.29 is 13.9 Å². The first-order valence-electron chi connectivity index (χ1n) is 11.7. The molecule has 2 aromatic rings. The van der Waals surface area contributed by atoms with Gasteiger partial charge in [0.1, 0.15) is 5.82 Å². The zero-order valence-electron chi connectivity index (χ0n) is 20.8. The zero-order valence-corrected chi connectivity index (χ0v) is 20.8. The largest absolute Gasteiger partial charge is 0.483 e. The number of benzene rings is 2. The number of likely N-dealkylation sites (tertiary alicyclic amines) is 1. The molecule has 0 aliphatic carbocycles. The van der Waals surface area contributed by atoms with Crippen molar-refractivity contribution in [2.24, 2.45) is 5.73 Å². The van der Waals surface area contributed by atoms with Crippen molar-refractivity contribution >= 4 is 5.57 Å². The molecule has 0 aromatic heterocycles. The molecule has 1 fully saturated rings. The molecule has 1 aliphatic heterocycles. The number of nitriles is 1. The number of ether oxygens (including phenoxy) is 2. The van der Waals surface area contributed by atoms with Crippen LogP contribution in [0, 0.1) is 17.1 Å². The number of nitrogens with two attached hydrogens (primary N) is 1. The lowest BCUT2D eigenvalue weighted by Gasteiger charge is -2.41. The second-order valence-electron chi connectivity index (χ2n) is 9.15. The molecule has 1 atom stereocenters. The van der Waals surface area contributed by atoms with E-state index in [0.717, 1.165) is 48.2 Å². The molecule has 1 unspecified atom stereocenters. The smallest absolute Gasteiger partial charge is 0.184 e. The average Bonchev–Trinajstić information content (AvgIpc) is 2.88. The van der Waals surface area contributed by atoms with Crippen molar-refractivity contribution in [1.82, 2.24) is 4.90 Å². The lowest BCUT2D eigenvalue weighted by atomic mass is 9.73. The molecule has 5 nitrogen and oxygen atoms in total. The summed E-state index contributed by atoms with van der Waals surface area (Å²) in [5.74, 6) is 0.0321. The second-order valence-corrected chi connectivity index (χ2v) is 9.15. The minimum absolute atomic E-state index is 0.194. The van der Waals surface area contributed by atoms with Crippen LogP contribution in [0.5, 0.6) is 0 Å². The first-order valence-corrected chi connectivity index (χ1v) is 11.7. The molecule has 0 spiro atoms. The summed E-state index contributed by atoms with van der Waals surface area (Å²) in [6.07, 6.45) is 5.23. The fourth-order valence-corrected chi connectivity index (χ4v) is 4.29. The van der Waals surface area contributed by atoms with Gasteiger partial charge < -0.3 is 20.1 Å².